The summed E-state index contributed by atoms with van der Waals surface area (Å²) in [4.78, 5) is 10.1. The summed E-state index contributed by atoms with van der Waals surface area (Å²) in [7, 11) is 1.80. The lowest BCUT2D eigenvalue weighted by Crippen LogP contribution is -2.37. The van der Waals surface area contributed by atoms with E-state index in [1.54, 1.807) is 18.4 Å². The van der Waals surface area contributed by atoms with E-state index in [1.807, 2.05) is 30.5 Å². The number of hydrogen-bond acceptors (Lipinski definition) is 3. The third-order valence-corrected chi connectivity index (χ3v) is 4.59. The van der Waals surface area contributed by atoms with Crippen molar-refractivity contribution in [2.75, 3.05) is 13.6 Å². The van der Waals surface area contributed by atoms with E-state index in [0.29, 0.717) is 0 Å². The number of aliphatic imine (C=N–C) groups is 1. The molecule has 3 rings (SSSR count). The number of aromatic nitrogens is 1. The van der Waals surface area contributed by atoms with Crippen molar-refractivity contribution in [1.29, 1.82) is 0 Å². The second-order valence-electron chi connectivity index (χ2n) is 5.17. The maximum absolute atomic E-state index is 4.39. The number of rotatable bonds is 5. The molecule has 0 saturated heterocycles. The largest absolute Gasteiger partial charge is 0.356 e. The summed E-state index contributed by atoms with van der Waals surface area (Å²) in [5.41, 5.74) is 2.24. The Kier molecular flexibility index (Phi) is 7.45. The van der Waals surface area contributed by atoms with Gasteiger partial charge in [-0.05, 0) is 35.6 Å². The molecule has 0 aliphatic rings. The zero-order chi connectivity index (χ0) is 15.9. The minimum atomic E-state index is 0. The van der Waals surface area contributed by atoms with Crippen molar-refractivity contribution in [3.05, 3.63) is 64.5 Å². The Hall–Kier alpha value is -1.67. The molecule has 0 atom stereocenters. The second-order valence-corrected chi connectivity index (χ2v) is 6.20. The molecule has 3 aromatic rings. The highest BCUT2D eigenvalue weighted by atomic mass is 127. The van der Waals surface area contributed by atoms with Crippen LogP contribution in [0.1, 0.15) is 10.4 Å². The van der Waals surface area contributed by atoms with Crippen LogP contribution in [0, 0.1) is 0 Å². The molecule has 4 nitrogen and oxygen atoms in total. The van der Waals surface area contributed by atoms with Crippen LogP contribution in [-0.2, 0) is 13.0 Å². The van der Waals surface area contributed by atoms with Crippen molar-refractivity contribution < 1.29 is 0 Å². The first-order valence-electron chi connectivity index (χ1n) is 7.66. The summed E-state index contributed by atoms with van der Waals surface area (Å²) in [5.74, 6) is 0.822. The minimum absolute atomic E-state index is 0. The van der Waals surface area contributed by atoms with Crippen LogP contribution in [0.15, 0.2) is 59.0 Å². The highest BCUT2D eigenvalue weighted by Gasteiger charge is 2.03. The van der Waals surface area contributed by atoms with Crippen molar-refractivity contribution >= 4 is 52.2 Å². The van der Waals surface area contributed by atoms with Gasteiger partial charge in [-0.3, -0.25) is 9.98 Å². The Morgan fingerprint density at radius 2 is 2.00 bits per heavy atom. The van der Waals surface area contributed by atoms with E-state index in [9.17, 15) is 0 Å². The fourth-order valence-electron chi connectivity index (χ4n) is 2.47. The predicted molar refractivity (Wildman–Crippen MR) is 113 cm³/mol. The molecule has 0 bridgehead atoms. The van der Waals surface area contributed by atoms with E-state index in [1.165, 1.54) is 15.8 Å². The van der Waals surface area contributed by atoms with Crippen LogP contribution < -0.4 is 10.6 Å². The van der Waals surface area contributed by atoms with Crippen LogP contribution >= 0.6 is 35.3 Å². The zero-order valence-electron chi connectivity index (χ0n) is 13.5. The minimum Gasteiger partial charge on any atom is -0.356 e. The Morgan fingerprint density at radius 3 is 2.79 bits per heavy atom. The number of fused-ring (bicyclic) bond motifs is 1. The highest BCUT2D eigenvalue weighted by Crippen LogP contribution is 2.15. The van der Waals surface area contributed by atoms with Gasteiger partial charge in [0, 0.05) is 36.6 Å². The summed E-state index contributed by atoms with van der Waals surface area (Å²) < 4.78 is 0. The molecule has 126 valence electrons. The van der Waals surface area contributed by atoms with Crippen molar-refractivity contribution in [1.82, 2.24) is 15.6 Å². The fourth-order valence-corrected chi connectivity index (χ4v) is 3.18. The Labute approximate surface area is 163 Å². The zero-order valence-corrected chi connectivity index (χ0v) is 16.7. The number of pyridine rings is 1. The molecule has 0 amide bonds. The topological polar surface area (TPSA) is 49.3 Å². The van der Waals surface area contributed by atoms with Crippen LogP contribution in [0.4, 0.5) is 0 Å². The summed E-state index contributed by atoms with van der Waals surface area (Å²) in [6, 6.07) is 14.5. The monoisotopic (exact) mass is 452 g/mol. The average Bonchev–Trinajstić information content (AvgIpc) is 3.11. The number of para-hydroxylation sites is 1. The van der Waals surface area contributed by atoms with Gasteiger partial charge in [-0.15, -0.1) is 35.3 Å². The van der Waals surface area contributed by atoms with Crippen LogP contribution in [0.25, 0.3) is 10.9 Å². The van der Waals surface area contributed by atoms with E-state index in [0.717, 1.165) is 31.0 Å². The molecular formula is C18H21IN4S. The number of halogens is 1. The van der Waals surface area contributed by atoms with E-state index >= 15 is 0 Å². The molecule has 24 heavy (non-hydrogen) atoms. The third kappa shape index (κ3) is 4.91. The molecule has 0 radical (unpaired) electrons. The number of thiophene rings is 1. The van der Waals surface area contributed by atoms with Crippen LogP contribution in [0.5, 0.6) is 0 Å². The summed E-state index contributed by atoms with van der Waals surface area (Å²) >= 11 is 1.79. The molecule has 0 saturated carbocycles. The molecule has 0 unspecified atom stereocenters. The fraction of sp³-hybridized carbons (Fsp3) is 0.222. The van der Waals surface area contributed by atoms with Gasteiger partial charge in [-0.25, -0.2) is 0 Å². The maximum atomic E-state index is 4.39. The number of nitrogens with one attached hydrogen (secondary N) is 2. The molecule has 6 heteroatoms. The second kappa shape index (κ2) is 9.58. The molecule has 0 aliphatic heterocycles. The Balaban J connectivity index is 0.00000208. The van der Waals surface area contributed by atoms with Crippen molar-refractivity contribution in [2.24, 2.45) is 4.99 Å². The molecule has 0 spiro atoms. The van der Waals surface area contributed by atoms with Crippen LogP contribution in [0.2, 0.25) is 0 Å². The normalized spacial score (nSPS) is 11.1. The standard InChI is InChI=1S/C18H20N4S.HI/c1-19-18(21-11-9-15-5-4-12-23-15)22-13-14-8-10-20-17-7-3-2-6-16(14)17;/h2-8,10,12H,9,11,13H2,1H3,(H2,19,21,22);1H. The van der Waals surface area contributed by atoms with Gasteiger partial charge in [0.05, 0.1) is 5.52 Å². The average molecular weight is 452 g/mol. The lowest BCUT2D eigenvalue weighted by Gasteiger charge is -2.12. The third-order valence-electron chi connectivity index (χ3n) is 3.65. The molecule has 0 aliphatic carbocycles. The Bertz CT molecular complexity index is 781. The summed E-state index contributed by atoms with van der Waals surface area (Å²) in [5, 5.41) is 10.0. The highest BCUT2D eigenvalue weighted by molar-refractivity contribution is 14.0. The van der Waals surface area contributed by atoms with E-state index in [-0.39, 0.29) is 24.0 Å². The van der Waals surface area contributed by atoms with Gasteiger partial charge in [-0.1, -0.05) is 24.3 Å². The number of guanidine groups is 1. The molecular weight excluding hydrogens is 431 g/mol. The predicted octanol–water partition coefficient (Wildman–Crippen LogP) is 3.82. The van der Waals surface area contributed by atoms with Gasteiger partial charge in [0.2, 0.25) is 0 Å². The molecule has 2 heterocycles. The van der Waals surface area contributed by atoms with Crippen LogP contribution in [0.3, 0.4) is 0 Å². The first-order valence-corrected chi connectivity index (χ1v) is 8.54. The van der Waals surface area contributed by atoms with E-state index < -0.39 is 0 Å². The van der Waals surface area contributed by atoms with Gasteiger partial charge in [-0.2, -0.15) is 0 Å². The SMILES string of the molecule is CN=C(NCCc1cccs1)NCc1ccnc2ccccc12.I. The molecule has 2 N–H and O–H groups in total. The van der Waals surface area contributed by atoms with Gasteiger partial charge in [0.1, 0.15) is 0 Å². The summed E-state index contributed by atoms with van der Waals surface area (Å²) in [6.45, 7) is 1.60. The lowest BCUT2D eigenvalue weighted by molar-refractivity contribution is 0.801. The smallest absolute Gasteiger partial charge is 0.191 e. The number of nitrogens with zero attached hydrogens (tertiary/aromatic N) is 2. The quantitative estimate of drug-likeness (QED) is 0.352. The summed E-state index contributed by atoms with van der Waals surface area (Å²) in [6.07, 6.45) is 2.86. The van der Waals surface area contributed by atoms with Crippen molar-refractivity contribution in [2.45, 2.75) is 13.0 Å². The first-order chi connectivity index (χ1) is 11.4. The van der Waals surface area contributed by atoms with E-state index in [4.69, 9.17) is 0 Å². The van der Waals surface area contributed by atoms with Crippen LogP contribution in [-0.4, -0.2) is 24.5 Å². The van der Waals surface area contributed by atoms with Gasteiger partial charge in [0.25, 0.3) is 0 Å². The number of hydrogen-bond donors (Lipinski definition) is 2. The first kappa shape index (κ1) is 18.7. The van der Waals surface area contributed by atoms with Crippen molar-refractivity contribution in [3.8, 4) is 0 Å². The van der Waals surface area contributed by atoms with Crippen molar-refractivity contribution in [3.63, 3.8) is 0 Å². The maximum Gasteiger partial charge on any atom is 0.191 e. The lowest BCUT2D eigenvalue weighted by atomic mass is 10.1. The van der Waals surface area contributed by atoms with E-state index in [2.05, 4.69) is 44.2 Å². The van der Waals surface area contributed by atoms with Gasteiger partial charge < -0.3 is 10.6 Å². The molecule has 2 aromatic heterocycles. The number of benzene rings is 1. The van der Waals surface area contributed by atoms with Gasteiger partial charge >= 0.3 is 0 Å². The molecule has 1 aromatic carbocycles. The Morgan fingerprint density at radius 1 is 1.12 bits per heavy atom. The molecule has 0 fully saturated rings. The van der Waals surface area contributed by atoms with Gasteiger partial charge in [0.15, 0.2) is 5.96 Å².